The molecular weight excluding hydrogens is 349 g/mol. The average Bonchev–Trinajstić information content (AvgIpc) is 2.51. The van der Waals surface area contributed by atoms with E-state index >= 15 is 0 Å². The van der Waals surface area contributed by atoms with Gasteiger partial charge in [0, 0.05) is 30.1 Å². The fourth-order valence-corrected chi connectivity index (χ4v) is 2.90. The number of nitrogens with one attached hydrogen (secondary N) is 2. The normalized spacial score (nSPS) is 12.8. The molecule has 2 N–H and O–H groups in total. The minimum atomic E-state index is 0. The third-order valence-electron chi connectivity index (χ3n) is 4.01. The maximum Gasteiger partial charge on any atom is 0.253 e. The Morgan fingerprint density at radius 1 is 1.25 bits per heavy atom. The van der Waals surface area contributed by atoms with Gasteiger partial charge in [-0.2, -0.15) is 0 Å². The molecule has 0 amide bonds. The highest BCUT2D eigenvalue weighted by Gasteiger charge is 2.16. The summed E-state index contributed by atoms with van der Waals surface area (Å²) in [7, 11) is 4.10. The van der Waals surface area contributed by atoms with E-state index in [0.717, 1.165) is 60.3 Å². The second-order valence-corrected chi connectivity index (χ2v) is 6.05. The van der Waals surface area contributed by atoms with E-state index in [1.165, 1.54) is 0 Å². The summed E-state index contributed by atoms with van der Waals surface area (Å²) >= 11 is 0. The van der Waals surface area contributed by atoms with Gasteiger partial charge in [0.1, 0.15) is 5.75 Å². The number of H-pyrrole nitrogens is 1. The van der Waals surface area contributed by atoms with Crippen LogP contribution in [0.3, 0.4) is 0 Å². The fraction of sp³-hybridized carbons (Fsp3) is 0.471. The molecule has 2 aromatic rings. The Balaban J connectivity index is 0.00000144. The van der Waals surface area contributed by atoms with E-state index in [4.69, 9.17) is 4.74 Å². The Morgan fingerprint density at radius 2 is 2.04 bits per heavy atom. The molecule has 0 aliphatic carbocycles. The first-order valence-corrected chi connectivity index (χ1v) is 7.85. The summed E-state index contributed by atoms with van der Waals surface area (Å²) in [6, 6.07) is 5.93. The van der Waals surface area contributed by atoms with Gasteiger partial charge < -0.3 is 19.9 Å². The molecule has 5 nitrogen and oxygen atoms in total. The first-order chi connectivity index (χ1) is 10.6. The summed E-state index contributed by atoms with van der Waals surface area (Å²) in [5.74, 6) is 0.803. The third kappa shape index (κ3) is 4.56. The Labute approximate surface area is 154 Å². The molecule has 3 rings (SSSR count). The van der Waals surface area contributed by atoms with Crippen LogP contribution in [-0.4, -0.2) is 43.7 Å². The minimum Gasteiger partial charge on any atom is -0.493 e. The van der Waals surface area contributed by atoms with E-state index in [-0.39, 0.29) is 30.4 Å². The van der Waals surface area contributed by atoms with Crippen LogP contribution in [0.15, 0.2) is 23.0 Å². The summed E-state index contributed by atoms with van der Waals surface area (Å²) < 4.78 is 5.78. The Kier molecular flexibility index (Phi) is 7.87. The molecule has 1 aliphatic rings. The second-order valence-electron chi connectivity index (χ2n) is 6.05. The van der Waals surface area contributed by atoms with Crippen LogP contribution in [0.4, 0.5) is 5.69 Å². The molecule has 24 heavy (non-hydrogen) atoms. The molecular formula is C17H25Cl2N3O2. The molecule has 1 aromatic carbocycles. The molecule has 7 heteroatoms. The SMILES string of the molecule is CN(C)CCCOc1ccc2c3c(c(=O)[nH]c2c1)CCCN3.Cl.Cl. The number of rotatable bonds is 5. The van der Waals surface area contributed by atoms with E-state index in [1.54, 1.807) is 0 Å². The second kappa shape index (κ2) is 9.16. The number of anilines is 1. The van der Waals surface area contributed by atoms with Gasteiger partial charge in [0.25, 0.3) is 5.56 Å². The lowest BCUT2D eigenvalue weighted by atomic mass is 10.0. The van der Waals surface area contributed by atoms with E-state index < -0.39 is 0 Å². The molecule has 0 spiro atoms. The largest absolute Gasteiger partial charge is 0.493 e. The van der Waals surface area contributed by atoms with Crippen molar-refractivity contribution in [1.29, 1.82) is 0 Å². The van der Waals surface area contributed by atoms with Gasteiger partial charge in [-0.15, -0.1) is 24.8 Å². The van der Waals surface area contributed by atoms with Crippen molar-refractivity contribution in [3.05, 3.63) is 34.1 Å². The maximum atomic E-state index is 12.2. The number of ether oxygens (including phenoxy) is 1. The van der Waals surface area contributed by atoms with Gasteiger partial charge in [-0.1, -0.05) is 0 Å². The van der Waals surface area contributed by atoms with Gasteiger partial charge in [0.05, 0.1) is 17.8 Å². The van der Waals surface area contributed by atoms with Gasteiger partial charge in [-0.05, 0) is 45.5 Å². The number of aromatic amines is 1. The van der Waals surface area contributed by atoms with Crippen LogP contribution in [0.2, 0.25) is 0 Å². The molecule has 134 valence electrons. The lowest BCUT2D eigenvalue weighted by Crippen LogP contribution is -2.22. The standard InChI is InChI=1S/C17H23N3O2.2ClH/c1-20(2)9-4-10-22-12-6-7-13-15(11-12)19-17(21)14-5-3-8-18-16(13)14;;/h6-7,11,18H,3-5,8-10H2,1-2H3,(H,19,21);2*1H. The van der Waals surface area contributed by atoms with Crippen LogP contribution in [0.5, 0.6) is 5.75 Å². The van der Waals surface area contributed by atoms with Gasteiger partial charge in [-0.25, -0.2) is 0 Å². The number of benzene rings is 1. The van der Waals surface area contributed by atoms with Crippen LogP contribution >= 0.6 is 24.8 Å². The molecule has 0 radical (unpaired) electrons. The molecule has 0 bridgehead atoms. The highest BCUT2D eigenvalue weighted by atomic mass is 35.5. The number of pyridine rings is 1. The van der Waals surface area contributed by atoms with Crippen LogP contribution in [0, 0.1) is 0 Å². The highest BCUT2D eigenvalue weighted by molar-refractivity contribution is 5.93. The summed E-state index contributed by atoms with van der Waals surface area (Å²) in [5.41, 5.74) is 2.71. The first-order valence-electron chi connectivity index (χ1n) is 7.85. The molecule has 2 heterocycles. The summed E-state index contributed by atoms with van der Waals surface area (Å²) in [6.45, 7) is 2.60. The number of hydrogen-bond acceptors (Lipinski definition) is 4. The van der Waals surface area contributed by atoms with E-state index in [0.29, 0.717) is 6.61 Å². The predicted molar refractivity (Wildman–Crippen MR) is 105 cm³/mol. The quantitative estimate of drug-likeness (QED) is 0.790. The third-order valence-corrected chi connectivity index (χ3v) is 4.01. The summed E-state index contributed by atoms with van der Waals surface area (Å²) in [5, 5.41) is 4.43. The van der Waals surface area contributed by atoms with Crippen LogP contribution in [-0.2, 0) is 6.42 Å². The zero-order chi connectivity index (χ0) is 15.5. The Bertz CT molecular complexity index is 732. The van der Waals surface area contributed by atoms with Crippen molar-refractivity contribution in [3.63, 3.8) is 0 Å². The predicted octanol–water partition coefficient (Wildman–Crippen LogP) is 3.06. The summed E-state index contributed by atoms with van der Waals surface area (Å²) in [4.78, 5) is 17.3. The van der Waals surface area contributed by atoms with Crippen molar-refractivity contribution in [2.75, 3.05) is 39.1 Å². The molecule has 0 fully saturated rings. The van der Waals surface area contributed by atoms with Crippen molar-refractivity contribution >= 4 is 41.4 Å². The zero-order valence-corrected chi connectivity index (χ0v) is 15.7. The average molecular weight is 374 g/mol. The minimum absolute atomic E-state index is 0. The zero-order valence-electron chi connectivity index (χ0n) is 14.1. The Hall–Kier alpha value is -1.43. The molecule has 0 unspecified atom stereocenters. The topological polar surface area (TPSA) is 57.4 Å². The lowest BCUT2D eigenvalue weighted by molar-refractivity contribution is 0.282. The highest BCUT2D eigenvalue weighted by Crippen LogP contribution is 2.29. The van der Waals surface area contributed by atoms with Crippen molar-refractivity contribution in [2.24, 2.45) is 0 Å². The number of hydrogen-bond donors (Lipinski definition) is 2. The molecule has 0 saturated heterocycles. The monoisotopic (exact) mass is 373 g/mol. The maximum absolute atomic E-state index is 12.2. The van der Waals surface area contributed by atoms with Crippen LogP contribution < -0.4 is 15.6 Å². The summed E-state index contributed by atoms with van der Waals surface area (Å²) in [6.07, 6.45) is 2.83. The number of halogens is 2. The number of nitrogens with zero attached hydrogens (tertiary/aromatic N) is 1. The fourth-order valence-electron chi connectivity index (χ4n) is 2.90. The smallest absolute Gasteiger partial charge is 0.253 e. The number of aromatic nitrogens is 1. The van der Waals surface area contributed by atoms with E-state index in [9.17, 15) is 4.79 Å². The van der Waals surface area contributed by atoms with Crippen molar-refractivity contribution in [2.45, 2.75) is 19.3 Å². The van der Waals surface area contributed by atoms with Crippen LogP contribution in [0.25, 0.3) is 10.9 Å². The lowest BCUT2D eigenvalue weighted by Gasteiger charge is -2.19. The molecule has 0 saturated carbocycles. The van der Waals surface area contributed by atoms with Gasteiger partial charge >= 0.3 is 0 Å². The van der Waals surface area contributed by atoms with E-state index in [2.05, 4.69) is 29.3 Å². The van der Waals surface area contributed by atoms with Gasteiger partial charge in [0.2, 0.25) is 0 Å². The van der Waals surface area contributed by atoms with Crippen LogP contribution in [0.1, 0.15) is 18.4 Å². The molecule has 1 aromatic heterocycles. The molecule has 1 aliphatic heterocycles. The first kappa shape index (κ1) is 20.6. The van der Waals surface area contributed by atoms with E-state index in [1.807, 2.05) is 18.2 Å². The van der Waals surface area contributed by atoms with Crippen molar-refractivity contribution in [3.8, 4) is 5.75 Å². The van der Waals surface area contributed by atoms with Gasteiger partial charge in [-0.3, -0.25) is 4.79 Å². The Morgan fingerprint density at radius 3 is 2.79 bits per heavy atom. The molecule has 0 atom stereocenters. The number of fused-ring (bicyclic) bond motifs is 3. The van der Waals surface area contributed by atoms with Crippen molar-refractivity contribution in [1.82, 2.24) is 9.88 Å². The van der Waals surface area contributed by atoms with Gasteiger partial charge in [0.15, 0.2) is 0 Å². The van der Waals surface area contributed by atoms with Crippen molar-refractivity contribution < 1.29 is 4.74 Å².